The van der Waals surface area contributed by atoms with Crippen molar-refractivity contribution in [3.63, 3.8) is 0 Å². The van der Waals surface area contributed by atoms with Crippen molar-refractivity contribution >= 4 is 40.9 Å². The molecule has 1 aliphatic carbocycles. The first-order chi connectivity index (χ1) is 9.97. The number of hydrogen-bond acceptors (Lipinski definition) is 3. The number of hydrogen-bond donors (Lipinski definition) is 1. The largest absolute Gasteiger partial charge is 0.323 e. The Morgan fingerprint density at radius 2 is 1.95 bits per heavy atom. The average Bonchev–Trinajstić information content (AvgIpc) is 3.16. The molecule has 1 aromatic carbocycles. The van der Waals surface area contributed by atoms with Crippen molar-refractivity contribution in [1.29, 1.82) is 0 Å². The lowest BCUT2D eigenvalue weighted by atomic mass is 10.1. The fraction of sp³-hybridized carbons (Fsp3) is 0.357. The van der Waals surface area contributed by atoms with Crippen LogP contribution in [-0.2, 0) is 9.59 Å². The molecule has 0 aromatic heterocycles. The van der Waals surface area contributed by atoms with Crippen LogP contribution in [0.3, 0.4) is 0 Å². The van der Waals surface area contributed by atoms with Crippen LogP contribution in [-0.4, -0.2) is 34.7 Å². The Kier molecular flexibility index (Phi) is 3.63. The highest BCUT2D eigenvalue weighted by Gasteiger charge is 2.45. The van der Waals surface area contributed by atoms with Crippen molar-refractivity contribution in [2.24, 2.45) is 0 Å². The predicted octanol–water partition coefficient (Wildman–Crippen LogP) is 2.01. The Morgan fingerprint density at radius 1 is 1.24 bits per heavy atom. The van der Waals surface area contributed by atoms with Gasteiger partial charge in [0.05, 0.1) is 17.0 Å². The Hall–Kier alpha value is -1.59. The number of nitrogens with one attached hydrogen (secondary N) is 1. The van der Waals surface area contributed by atoms with Gasteiger partial charge in [0.1, 0.15) is 6.04 Å². The van der Waals surface area contributed by atoms with Gasteiger partial charge < -0.3 is 4.90 Å². The zero-order valence-electron chi connectivity index (χ0n) is 10.9. The average molecular weight is 327 g/mol. The lowest BCUT2D eigenvalue weighted by Crippen LogP contribution is -2.46. The molecule has 0 bridgehead atoms. The summed E-state index contributed by atoms with van der Waals surface area (Å²) in [5.74, 6) is -1.12. The molecular formula is C14H12Cl2N2O3. The summed E-state index contributed by atoms with van der Waals surface area (Å²) in [4.78, 5) is 37.4. The minimum absolute atomic E-state index is 0.00623. The molecule has 0 spiro atoms. The number of carbonyl (C=O) groups is 3. The van der Waals surface area contributed by atoms with E-state index in [9.17, 15) is 14.4 Å². The van der Waals surface area contributed by atoms with E-state index in [-0.39, 0.29) is 29.3 Å². The molecule has 1 saturated carbocycles. The molecule has 0 unspecified atom stereocenters. The number of benzene rings is 1. The molecule has 1 heterocycles. The minimum Gasteiger partial charge on any atom is -0.323 e. The van der Waals surface area contributed by atoms with Gasteiger partial charge in [-0.1, -0.05) is 23.2 Å². The smallest absolute Gasteiger partial charge is 0.256 e. The molecule has 2 fully saturated rings. The molecule has 3 rings (SSSR count). The van der Waals surface area contributed by atoms with Crippen LogP contribution in [0.5, 0.6) is 0 Å². The first-order valence-corrected chi connectivity index (χ1v) is 7.34. The molecule has 0 radical (unpaired) electrons. The van der Waals surface area contributed by atoms with Crippen LogP contribution in [0.2, 0.25) is 10.0 Å². The van der Waals surface area contributed by atoms with E-state index in [1.807, 2.05) is 0 Å². The lowest BCUT2D eigenvalue weighted by Gasteiger charge is -2.27. The fourth-order valence-electron chi connectivity index (χ4n) is 2.48. The van der Waals surface area contributed by atoms with Gasteiger partial charge in [-0.25, -0.2) is 0 Å². The second kappa shape index (κ2) is 5.31. The molecule has 110 valence electrons. The van der Waals surface area contributed by atoms with E-state index in [2.05, 4.69) is 5.32 Å². The molecule has 21 heavy (non-hydrogen) atoms. The van der Waals surface area contributed by atoms with Gasteiger partial charge in [-0.15, -0.1) is 0 Å². The van der Waals surface area contributed by atoms with Crippen molar-refractivity contribution < 1.29 is 14.4 Å². The second-order valence-corrected chi connectivity index (χ2v) is 6.04. The SMILES string of the molecule is O=C1C[C@H](N(C(=O)c2ccc(Cl)cc2Cl)C2CC2)C(=O)N1. The van der Waals surface area contributed by atoms with Crippen molar-refractivity contribution in [3.8, 4) is 0 Å². The molecule has 7 heteroatoms. The summed E-state index contributed by atoms with van der Waals surface area (Å²) in [5.41, 5.74) is 0.292. The van der Waals surface area contributed by atoms with E-state index in [1.165, 1.54) is 17.0 Å². The highest BCUT2D eigenvalue weighted by Crippen LogP contribution is 2.33. The van der Waals surface area contributed by atoms with Gasteiger partial charge in [-0.2, -0.15) is 0 Å². The van der Waals surface area contributed by atoms with Crippen molar-refractivity contribution in [2.75, 3.05) is 0 Å². The monoisotopic (exact) mass is 326 g/mol. The van der Waals surface area contributed by atoms with Crippen molar-refractivity contribution in [3.05, 3.63) is 33.8 Å². The summed E-state index contributed by atoms with van der Waals surface area (Å²) in [7, 11) is 0. The Labute approximate surface area is 131 Å². The molecule has 5 nitrogen and oxygen atoms in total. The number of carbonyl (C=O) groups excluding carboxylic acids is 3. The van der Waals surface area contributed by atoms with E-state index in [0.717, 1.165) is 12.8 Å². The summed E-state index contributed by atoms with van der Waals surface area (Å²) in [6, 6.07) is 3.85. The number of imide groups is 1. The molecule has 2 aliphatic rings. The highest BCUT2D eigenvalue weighted by molar-refractivity contribution is 6.36. The second-order valence-electron chi connectivity index (χ2n) is 5.20. The normalized spacial score (nSPS) is 21.3. The first kappa shape index (κ1) is 14.4. The molecule has 1 aromatic rings. The van der Waals surface area contributed by atoms with E-state index in [1.54, 1.807) is 6.07 Å². The van der Waals surface area contributed by atoms with Gasteiger partial charge in [-0.3, -0.25) is 19.7 Å². The van der Waals surface area contributed by atoms with Crippen LogP contribution >= 0.6 is 23.2 Å². The van der Waals surface area contributed by atoms with Gasteiger partial charge in [-0.05, 0) is 31.0 Å². The standard InChI is InChI=1S/C14H12Cl2N2O3/c15-7-1-4-9(10(16)5-7)14(21)18(8-2-3-8)11-6-12(19)17-13(11)20/h1,4-5,8,11H,2-3,6H2,(H,17,19,20)/t11-/m0/s1. The third-order valence-corrected chi connectivity index (χ3v) is 4.16. The molecule has 1 aliphatic heterocycles. The quantitative estimate of drug-likeness (QED) is 0.864. The Bertz CT molecular complexity index is 643. The lowest BCUT2D eigenvalue weighted by molar-refractivity contribution is -0.126. The van der Waals surface area contributed by atoms with Gasteiger partial charge in [0.15, 0.2) is 0 Å². The van der Waals surface area contributed by atoms with Gasteiger partial charge >= 0.3 is 0 Å². The zero-order chi connectivity index (χ0) is 15.1. The van der Waals surface area contributed by atoms with E-state index >= 15 is 0 Å². The molecule has 1 atom stereocenters. The van der Waals surface area contributed by atoms with Gasteiger partial charge in [0.25, 0.3) is 5.91 Å². The highest BCUT2D eigenvalue weighted by atomic mass is 35.5. The van der Waals surface area contributed by atoms with Gasteiger partial charge in [0, 0.05) is 11.1 Å². The Balaban J connectivity index is 1.92. The van der Waals surface area contributed by atoms with Gasteiger partial charge in [0.2, 0.25) is 11.8 Å². The summed E-state index contributed by atoms with van der Waals surface area (Å²) >= 11 is 11.9. The fourth-order valence-corrected chi connectivity index (χ4v) is 2.97. The minimum atomic E-state index is -0.746. The maximum atomic E-state index is 12.7. The summed E-state index contributed by atoms with van der Waals surface area (Å²) < 4.78 is 0. The van der Waals surface area contributed by atoms with Crippen molar-refractivity contribution in [1.82, 2.24) is 10.2 Å². The third kappa shape index (κ3) is 2.76. The van der Waals surface area contributed by atoms with E-state index in [4.69, 9.17) is 23.2 Å². The molecule has 1 N–H and O–H groups in total. The third-order valence-electron chi connectivity index (χ3n) is 3.62. The number of amides is 3. The predicted molar refractivity (Wildman–Crippen MR) is 77.2 cm³/mol. The van der Waals surface area contributed by atoms with Crippen LogP contribution in [0.25, 0.3) is 0 Å². The maximum Gasteiger partial charge on any atom is 0.256 e. The molecular weight excluding hydrogens is 315 g/mol. The summed E-state index contributed by atoms with van der Waals surface area (Å²) in [6.07, 6.45) is 1.66. The number of nitrogens with zero attached hydrogens (tertiary/aromatic N) is 1. The van der Waals surface area contributed by atoms with Crippen LogP contribution < -0.4 is 5.32 Å². The molecule has 1 saturated heterocycles. The first-order valence-electron chi connectivity index (χ1n) is 6.59. The van der Waals surface area contributed by atoms with E-state index in [0.29, 0.717) is 10.6 Å². The Morgan fingerprint density at radius 3 is 2.48 bits per heavy atom. The number of halogens is 2. The zero-order valence-corrected chi connectivity index (χ0v) is 12.4. The maximum absolute atomic E-state index is 12.7. The van der Waals surface area contributed by atoms with Crippen LogP contribution in [0, 0.1) is 0 Å². The van der Waals surface area contributed by atoms with Crippen molar-refractivity contribution in [2.45, 2.75) is 31.3 Å². The number of rotatable bonds is 3. The summed E-state index contributed by atoms with van der Waals surface area (Å²) in [6.45, 7) is 0. The summed E-state index contributed by atoms with van der Waals surface area (Å²) in [5, 5.41) is 2.91. The topological polar surface area (TPSA) is 66.5 Å². The van der Waals surface area contributed by atoms with Crippen LogP contribution in [0.4, 0.5) is 0 Å². The van der Waals surface area contributed by atoms with Crippen LogP contribution in [0.1, 0.15) is 29.6 Å². The van der Waals surface area contributed by atoms with E-state index < -0.39 is 11.9 Å². The molecule has 3 amide bonds. The van der Waals surface area contributed by atoms with Crippen LogP contribution in [0.15, 0.2) is 18.2 Å².